The average molecular weight is 444 g/mol. The molecule has 3 aromatic rings. The molecule has 0 atom stereocenters. The minimum absolute atomic E-state index is 0.0571. The van der Waals surface area contributed by atoms with Crippen molar-refractivity contribution in [1.82, 2.24) is 14.9 Å². The molecule has 2 aromatic carbocycles. The Hall–Kier alpha value is -2.18. The van der Waals surface area contributed by atoms with Crippen molar-refractivity contribution in [2.24, 2.45) is 0 Å². The van der Waals surface area contributed by atoms with Crippen LogP contribution in [-0.4, -0.2) is 35.7 Å². The summed E-state index contributed by atoms with van der Waals surface area (Å²) in [6.45, 7) is 1.62. The molecule has 1 N–H and O–H groups in total. The summed E-state index contributed by atoms with van der Waals surface area (Å²) in [5, 5.41) is 2.86. The van der Waals surface area contributed by atoms with Crippen molar-refractivity contribution in [3.63, 3.8) is 0 Å². The van der Waals surface area contributed by atoms with Gasteiger partial charge in [0, 0.05) is 31.1 Å². The second-order valence-corrected chi connectivity index (χ2v) is 7.74. The fourth-order valence-corrected chi connectivity index (χ4v) is 3.75. The third kappa shape index (κ3) is 5.66. The van der Waals surface area contributed by atoms with Crippen LogP contribution in [0.1, 0.15) is 30.7 Å². The molecule has 0 radical (unpaired) electrons. The van der Waals surface area contributed by atoms with Crippen LogP contribution in [0.2, 0.25) is 0 Å². The van der Waals surface area contributed by atoms with Crippen LogP contribution in [0, 0.1) is 0 Å². The maximum atomic E-state index is 11.4. The lowest BCUT2D eigenvalue weighted by Crippen LogP contribution is -2.27. The molecule has 0 unspecified atom stereocenters. The minimum Gasteiger partial charge on any atom is -0.375 e. The Morgan fingerprint density at radius 1 is 1.14 bits per heavy atom. The number of methoxy groups -OCH3 is 1. The first-order valence-electron chi connectivity index (χ1n) is 9.61. The molecule has 3 rings (SSSR count). The van der Waals surface area contributed by atoms with Crippen molar-refractivity contribution in [2.75, 3.05) is 20.3 Å². The maximum Gasteiger partial charge on any atom is 0.245 e. The average Bonchev–Trinajstić information content (AvgIpc) is 3.02. The molecule has 0 aliphatic rings. The molecule has 0 saturated carbocycles. The van der Waals surface area contributed by atoms with Gasteiger partial charge in [0.1, 0.15) is 12.4 Å². The number of nitrogens with one attached hydrogen (secondary N) is 1. The van der Waals surface area contributed by atoms with E-state index in [4.69, 9.17) is 9.72 Å². The second kappa shape index (κ2) is 10.4. The van der Waals surface area contributed by atoms with Gasteiger partial charge in [0.15, 0.2) is 0 Å². The number of para-hydroxylation sites is 2. The van der Waals surface area contributed by atoms with Crippen LogP contribution in [0.15, 0.2) is 53.0 Å². The summed E-state index contributed by atoms with van der Waals surface area (Å²) in [5.41, 5.74) is 3.46. The number of amides is 1. The van der Waals surface area contributed by atoms with Crippen molar-refractivity contribution in [3.05, 3.63) is 64.4 Å². The van der Waals surface area contributed by atoms with E-state index in [0.29, 0.717) is 6.54 Å². The van der Waals surface area contributed by atoms with Gasteiger partial charge in [0.2, 0.25) is 5.91 Å². The zero-order valence-electron chi connectivity index (χ0n) is 16.2. The largest absolute Gasteiger partial charge is 0.375 e. The Bertz CT molecular complexity index is 923. The molecule has 0 aliphatic heterocycles. The standard InChI is InChI=1S/C22H26BrN3O2/c1-28-16-22(27)24-13-6-2-3-12-21-25-19-10-4-5-11-20(19)26(21)15-17-8-7-9-18(23)14-17/h4-5,7-11,14H,2-3,6,12-13,15-16H2,1H3,(H,24,27). The number of benzene rings is 2. The first-order valence-corrected chi connectivity index (χ1v) is 10.4. The van der Waals surface area contributed by atoms with Gasteiger partial charge in [0.05, 0.1) is 11.0 Å². The third-order valence-corrected chi connectivity index (χ3v) is 5.13. The Kier molecular flexibility index (Phi) is 7.62. The number of halogens is 1. The van der Waals surface area contributed by atoms with E-state index in [1.807, 2.05) is 12.1 Å². The Morgan fingerprint density at radius 2 is 2.00 bits per heavy atom. The number of nitrogens with zero attached hydrogens (tertiary/aromatic N) is 2. The highest BCUT2D eigenvalue weighted by Crippen LogP contribution is 2.21. The molecular formula is C22H26BrN3O2. The van der Waals surface area contributed by atoms with Gasteiger partial charge in [-0.2, -0.15) is 0 Å². The van der Waals surface area contributed by atoms with Gasteiger partial charge in [0.25, 0.3) is 0 Å². The molecule has 0 spiro atoms. The molecule has 148 valence electrons. The summed E-state index contributed by atoms with van der Waals surface area (Å²) < 4.78 is 8.22. The molecule has 1 amide bonds. The fourth-order valence-electron chi connectivity index (χ4n) is 3.31. The van der Waals surface area contributed by atoms with Crippen molar-refractivity contribution >= 4 is 32.9 Å². The van der Waals surface area contributed by atoms with Gasteiger partial charge >= 0.3 is 0 Å². The highest BCUT2D eigenvalue weighted by molar-refractivity contribution is 9.10. The summed E-state index contributed by atoms with van der Waals surface area (Å²) in [6, 6.07) is 16.7. The Morgan fingerprint density at radius 3 is 2.82 bits per heavy atom. The molecule has 0 saturated heterocycles. The zero-order chi connectivity index (χ0) is 19.8. The van der Waals surface area contributed by atoms with Crippen molar-refractivity contribution in [2.45, 2.75) is 32.2 Å². The van der Waals surface area contributed by atoms with Crippen molar-refractivity contribution < 1.29 is 9.53 Å². The Balaban J connectivity index is 1.62. The molecule has 6 heteroatoms. The van der Waals surface area contributed by atoms with Gasteiger partial charge in [-0.05, 0) is 42.7 Å². The molecular weight excluding hydrogens is 418 g/mol. The van der Waals surface area contributed by atoms with E-state index >= 15 is 0 Å². The number of ether oxygens (including phenoxy) is 1. The lowest BCUT2D eigenvalue weighted by atomic mass is 10.1. The van der Waals surface area contributed by atoms with Crippen LogP contribution in [0.4, 0.5) is 0 Å². The van der Waals surface area contributed by atoms with Gasteiger partial charge in [-0.3, -0.25) is 4.79 Å². The zero-order valence-corrected chi connectivity index (χ0v) is 17.7. The Labute approximate surface area is 174 Å². The van der Waals surface area contributed by atoms with Gasteiger partial charge < -0.3 is 14.6 Å². The topological polar surface area (TPSA) is 56.1 Å². The van der Waals surface area contributed by atoms with Crippen LogP contribution in [-0.2, 0) is 22.5 Å². The molecule has 1 heterocycles. The molecule has 0 bridgehead atoms. The molecule has 1 aromatic heterocycles. The highest BCUT2D eigenvalue weighted by Gasteiger charge is 2.11. The van der Waals surface area contributed by atoms with Crippen LogP contribution in [0.3, 0.4) is 0 Å². The highest BCUT2D eigenvalue weighted by atomic mass is 79.9. The van der Waals surface area contributed by atoms with Crippen LogP contribution in [0.25, 0.3) is 11.0 Å². The number of fused-ring (bicyclic) bond motifs is 1. The quantitative estimate of drug-likeness (QED) is 0.474. The summed E-state index contributed by atoms with van der Waals surface area (Å²) in [5.74, 6) is 1.06. The number of aryl methyl sites for hydroxylation is 1. The third-order valence-electron chi connectivity index (χ3n) is 4.64. The van der Waals surface area contributed by atoms with Crippen LogP contribution < -0.4 is 5.32 Å². The summed E-state index contributed by atoms with van der Waals surface area (Å²) in [7, 11) is 1.53. The first-order chi connectivity index (χ1) is 13.7. The number of hydrogen-bond donors (Lipinski definition) is 1. The maximum absolute atomic E-state index is 11.4. The van der Waals surface area contributed by atoms with E-state index < -0.39 is 0 Å². The van der Waals surface area contributed by atoms with E-state index in [0.717, 1.165) is 48.0 Å². The lowest BCUT2D eigenvalue weighted by Gasteiger charge is -2.10. The SMILES string of the molecule is COCC(=O)NCCCCCc1nc2ccccc2n1Cc1cccc(Br)c1. The van der Waals surface area contributed by atoms with E-state index in [-0.39, 0.29) is 12.5 Å². The molecule has 28 heavy (non-hydrogen) atoms. The number of aromatic nitrogens is 2. The normalized spacial score (nSPS) is 11.1. The number of rotatable bonds is 10. The number of carbonyl (C=O) groups excluding carboxylic acids is 1. The number of unbranched alkanes of at least 4 members (excludes halogenated alkanes) is 2. The van der Waals surface area contributed by atoms with Crippen molar-refractivity contribution in [3.8, 4) is 0 Å². The predicted octanol–water partition coefficient (Wildman–Crippen LogP) is 4.32. The minimum atomic E-state index is -0.0571. The summed E-state index contributed by atoms with van der Waals surface area (Å²) >= 11 is 3.56. The van der Waals surface area contributed by atoms with E-state index in [1.54, 1.807) is 0 Å². The fraction of sp³-hybridized carbons (Fsp3) is 0.364. The number of hydrogen-bond acceptors (Lipinski definition) is 3. The van der Waals surface area contributed by atoms with E-state index in [1.165, 1.54) is 18.2 Å². The van der Waals surface area contributed by atoms with Gasteiger partial charge in [-0.15, -0.1) is 0 Å². The van der Waals surface area contributed by atoms with Crippen molar-refractivity contribution in [1.29, 1.82) is 0 Å². The van der Waals surface area contributed by atoms with Crippen LogP contribution >= 0.6 is 15.9 Å². The van der Waals surface area contributed by atoms with Gasteiger partial charge in [-0.25, -0.2) is 4.98 Å². The number of carbonyl (C=O) groups is 1. The molecule has 0 fully saturated rings. The summed E-state index contributed by atoms with van der Waals surface area (Å²) in [4.78, 5) is 16.3. The van der Waals surface area contributed by atoms with E-state index in [9.17, 15) is 4.79 Å². The predicted molar refractivity (Wildman–Crippen MR) is 115 cm³/mol. The van der Waals surface area contributed by atoms with Gasteiger partial charge in [-0.1, -0.05) is 46.6 Å². The van der Waals surface area contributed by atoms with E-state index in [2.05, 4.69) is 62.2 Å². The van der Waals surface area contributed by atoms with Crippen LogP contribution in [0.5, 0.6) is 0 Å². The summed E-state index contributed by atoms with van der Waals surface area (Å²) in [6.07, 6.45) is 3.98. The monoisotopic (exact) mass is 443 g/mol. The molecule has 0 aliphatic carbocycles. The smallest absolute Gasteiger partial charge is 0.245 e. The lowest BCUT2D eigenvalue weighted by molar-refractivity contribution is -0.124. The number of imidazole rings is 1. The second-order valence-electron chi connectivity index (χ2n) is 6.83. The first kappa shape index (κ1) is 20.6. The molecule has 5 nitrogen and oxygen atoms in total.